The van der Waals surface area contributed by atoms with Crippen LogP contribution in [0, 0.1) is 0 Å². The summed E-state index contributed by atoms with van der Waals surface area (Å²) >= 11 is 0. The largest absolute Gasteiger partial charge is 0.368 e. The highest BCUT2D eigenvalue weighted by Crippen LogP contribution is 2.24. The minimum absolute atomic E-state index is 0.129. The summed E-state index contributed by atoms with van der Waals surface area (Å²) < 4.78 is 0. The predicted octanol–water partition coefficient (Wildman–Crippen LogP) is 0.553. The fraction of sp³-hybridized carbons (Fsp3) is 0.467. The van der Waals surface area contributed by atoms with E-state index in [-0.39, 0.29) is 12.3 Å². The molecule has 20 heavy (non-hydrogen) atoms. The molecule has 5 heteroatoms. The lowest BCUT2D eigenvalue weighted by molar-refractivity contribution is -0.141. The zero-order chi connectivity index (χ0) is 14.9. The van der Waals surface area contributed by atoms with Crippen molar-refractivity contribution in [3.05, 3.63) is 35.4 Å². The van der Waals surface area contributed by atoms with Gasteiger partial charge in [0.15, 0.2) is 0 Å². The average molecular weight is 275 g/mol. The maximum absolute atomic E-state index is 12.4. The molecule has 2 amide bonds. The van der Waals surface area contributed by atoms with Gasteiger partial charge in [-0.2, -0.15) is 0 Å². The third kappa shape index (κ3) is 3.17. The lowest BCUT2D eigenvalue weighted by atomic mass is 9.92. The Morgan fingerprint density at radius 2 is 1.90 bits per heavy atom. The van der Waals surface area contributed by atoms with E-state index in [9.17, 15) is 9.59 Å². The number of nitrogens with zero attached hydrogens (tertiary/aromatic N) is 1. The van der Waals surface area contributed by atoms with Crippen LogP contribution >= 0.6 is 0 Å². The summed E-state index contributed by atoms with van der Waals surface area (Å²) in [6.07, 6.45) is 0.668. The van der Waals surface area contributed by atoms with Gasteiger partial charge in [0.05, 0.1) is 0 Å². The maximum atomic E-state index is 12.4. The van der Waals surface area contributed by atoms with Crippen molar-refractivity contribution in [2.45, 2.75) is 44.8 Å². The Bertz CT molecular complexity index is 534. The monoisotopic (exact) mass is 275 g/mol. The third-order valence-electron chi connectivity index (χ3n) is 3.50. The molecule has 0 fully saturated rings. The molecule has 0 saturated heterocycles. The maximum Gasteiger partial charge on any atom is 0.240 e. The highest BCUT2D eigenvalue weighted by Gasteiger charge is 2.34. The summed E-state index contributed by atoms with van der Waals surface area (Å²) in [5, 5.41) is 0. The van der Waals surface area contributed by atoms with Crippen LogP contribution in [-0.4, -0.2) is 28.3 Å². The number of fused-ring (bicyclic) bond motifs is 1. The minimum atomic E-state index is -0.601. The van der Waals surface area contributed by atoms with Crippen LogP contribution in [0.2, 0.25) is 0 Å². The minimum Gasteiger partial charge on any atom is -0.368 e. The molecule has 1 aromatic carbocycles. The van der Waals surface area contributed by atoms with Crippen LogP contribution in [0.1, 0.15) is 31.4 Å². The van der Waals surface area contributed by atoms with Gasteiger partial charge in [-0.3, -0.25) is 9.59 Å². The number of nitrogens with two attached hydrogens (primary N) is 2. The molecular weight excluding hydrogens is 254 g/mol. The zero-order valence-electron chi connectivity index (χ0n) is 11.9. The van der Waals surface area contributed by atoms with Crippen LogP contribution in [0.3, 0.4) is 0 Å². The van der Waals surface area contributed by atoms with Crippen molar-refractivity contribution in [2.24, 2.45) is 11.5 Å². The second-order valence-corrected chi connectivity index (χ2v) is 6.08. The van der Waals surface area contributed by atoms with Crippen molar-refractivity contribution in [2.75, 3.05) is 0 Å². The van der Waals surface area contributed by atoms with Gasteiger partial charge in [-0.05, 0) is 25.0 Å². The first-order chi connectivity index (χ1) is 9.28. The Morgan fingerprint density at radius 1 is 1.30 bits per heavy atom. The number of carbonyl (C=O) groups excluding carboxylic acids is 2. The van der Waals surface area contributed by atoms with Crippen LogP contribution in [-0.2, 0) is 22.6 Å². The smallest absolute Gasteiger partial charge is 0.240 e. The van der Waals surface area contributed by atoms with Crippen LogP contribution < -0.4 is 11.5 Å². The van der Waals surface area contributed by atoms with Gasteiger partial charge in [0, 0.05) is 24.9 Å². The van der Waals surface area contributed by atoms with Gasteiger partial charge < -0.3 is 16.4 Å². The van der Waals surface area contributed by atoms with E-state index in [1.807, 2.05) is 24.3 Å². The van der Waals surface area contributed by atoms with E-state index in [0.717, 1.165) is 11.1 Å². The number of hydrogen-bond acceptors (Lipinski definition) is 3. The molecule has 2 rings (SSSR count). The van der Waals surface area contributed by atoms with Crippen molar-refractivity contribution >= 4 is 11.8 Å². The van der Waals surface area contributed by atoms with Gasteiger partial charge in [-0.1, -0.05) is 24.3 Å². The second kappa shape index (κ2) is 5.25. The molecule has 0 radical (unpaired) electrons. The molecule has 5 nitrogen and oxygen atoms in total. The summed E-state index contributed by atoms with van der Waals surface area (Å²) in [6, 6.07) is 7.22. The molecule has 0 aromatic heterocycles. The molecule has 1 aromatic rings. The first kappa shape index (κ1) is 14.5. The molecule has 0 bridgehead atoms. The molecule has 0 aliphatic carbocycles. The topological polar surface area (TPSA) is 89.4 Å². The van der Waals surface area contributed by atoms with Crippen molar-refractivity contribution < 1.29 is 9.59 Å². The van der Waals surface area contributed by atoms with E-state index in [0.29, 0.717) is 13.0 Å². The predicted molar refractivity (Wildman–Crippen MR) is 76.6 cm³/mol. The zero-order valence-corrected chi connectivity index (χ0v) is 11.9. The quantitative estimate of drug-likeness (QED) is 0.844. The second-order valence-electron chi connectivity index (χ2n) is 6.08. The molecule has 1 aliphatic heterocycles. The summed E-state index contributed by atoms with van der Waals surface area (Å²) in [6.45, 7) is 4.00. The first-order valence-electron chi connectivity index (χ1n) is 6.72. The number of amides is 2. The molecule has 1 aliphatic rings. The Hall–Kier alpha value is -1.88. The van der Waals surface area contributed by atoms with Gasteiger partial charge >= 0.3 is 0 Å². The van der Waals surface area contributed by atoms with Gasteiger partial charge in [-0.15, -0.1) is 0 Å². The molecule has 108 valence electrons. The Balaban J connectivity index is 2.27. The molecule has 1 heterocycles. The van der Waals surface area contributed by atoms with E-state index in [4.69, 9.17) is 11.5 Å². The fourth-order valence-electron chi connectivity index (χ4n) is 2.53. The lowest BCUT2D eigenvalue weighted by Gasteiger charge is -2.36. The van der Waals surface area contributed by atoms with E-state index >= 15 is 0 Å². The highest BCUT2D eigenvalue weighted by atomic mass is 16.2. The van der Waals surface area contributed by atoms with Crippen molar-refractivity contribution in [1.29, 1.82) is 0 Å². The number of rotatable bonds is 3. The highest BCUT2D eigenvalue weighted by molar-refractivity contribution is 5.87. The van der Waals surface area contributed by atoms with Crippen molar-refractivity contribution in [1.82, 2.24) is 4.90 Å². The van der Waals surface area contributed by atoms with Crippen LogP contribution in [0.15, 0.2) is 24.3 Å². The van der Waals surface area contributed by atoms with Gasteiger partial charge in [0.2, 0.25) is 11.8 Å². The number of carbonyl (C=O) groups is 2. The summed E-state index contributed by atoms with van der Waals surface area (Å²) in [5.41, 5.74) is 12.9. The number of hydrogen-bond donors (Lipinski definition) is 2. The fourth-order valence-corrected chi connectivity index (χ4v) is 2.53. The number of primary amides is 1. The van der Waals surface area contributed by atoms with Crippen LogP contribution in [0.5, 0.6) is 0 Å². The summed E-state index contributed by atoms with van der Waals surface area (Å²) in [7, 11) is 0. The SMILES string of the molecule is CC(C)(N)CC(=O)N1Cc2ccccc2C[C@H]1C(N)=O. The van der Waals surface area contributed by atoms with Gasteiger partial charge in [0.25, 0.3) is 0 Å². The van der Waals surface area contributed by atoms with Crippen LogP contribution in [0.25, 0.3) is 0 Å². The average Bonchev–Trinajstić information content (AvgIpc) is 2.35. The molecular formula is C15H21N3O2. The Kier molecular flexibility index (Phi) is 3.81. The standard InChI is InChI=1S/C15H21N3O2/c1-15(2,17)8-13(19)18-9-11-6-4-3-5-10(11)7-12(18)14(16)20/h3-6,12H,7-9,17H2,1-2H3,(H2,16,20)/t12-/m0/s1. The summed E-state index contributed by atoms with van der Waals surface area (Å²) in [5.74, 6) is -0.599. The van der Waals surface area contributed by atoms with Crippen molar-refractivity contribution in [3.8, 4) is 0 Å². The molecule has 1 atom stereocenters. The Morgan fingerprint density at radius 3 is 2.45 bits per heavy atom. The Labute approximate surface area is 118 Å². The molecule has 4 N–H and O–H groups in total. The normalized spacial score (nSPS) is 18.6. The van der Waals surface area contributed by atoms with Crippen LogP contribution in [0.4, 0.5) is 0 Å². The summed E-state index contributed by atoms with van der Waals surface area (Å²) in [4.78, 5) is 25.6. The molecule has 0 spiro atoms. The van der Waals surface area contributed by atoms with Gasteiger partial charge in [-0.25, -0.2) is 0 Å². The molecule has 0 saturated carbocycles. The van der Waals surface area contributed by atoms with E-state index < -0.39 is 17.5 Å². The third-order valence-corrected chi connectivity index (χ3v) is 3.50. The first-order valence-corrected chi connectivity index (χ1v) is 6.72. The van der Waals surface area contributed by atoms with Gasteiger partial charge in [0.1, 0.15) is 6.04 Å². The molecule has 0 unspecified atom stereocenters. The van der Waals surface area contributed by atoms with E-state index in [2.05, 4.69) is 0 Å². The van der Waals surface area contributed by atoms with E-state index in [1.165, 1.54) is 0 Å². The lowest BCUT2D eigenvalue weighted by Crippen LogP contribution is -2.53. The van der Waals surface area contributed by atoms with Crippen molar-refractivity contribution in [3.63, 3.8) is 0 Å². The number of benzene rings is 1. The van der Waals surface area contributed by atoms with E-state index in [1.54, 1.807) is 18.7 Å².